The van der Waals surface area contributed by atoms with Gasteiger partial charge in [0.2, 0.25) is 0 Å². The second-order valence-electron chi connectivity index (χ2n) is 17.6. The molecule has 0 aromatic heterocycles. The summed E-state index contributed by atoms with van der Waals surface area (Å²) in [6, 6.07) is 0. The number of rotatable bonds is 39. The van der Waals surface area contributed by atoms with Gasteiger partial charge in [-0.15, -0.1) is 0 Å². The number of ether oxygens (including phenoxy) is 6. The van der Waals surface area contributed by atoms with Crippen LogP contribution in [0, 0.1) is 0 Å². The number of unbranched alkanes of at least 4 members (excludes halogenated alkanes) is 17. The number of aliphatic hydroxyl groups is 7. The summed E-state index contributed by atoms with van der Waals surface area (Å²) in [6.07, 6.45) is 27.4. The van der Waals surface area contributed by atoms with E-state index in [1.807, 2.05) is 0 Å². The van der Waals surface area contributed by atoms with Crippen molar-refractivity contribution in [2.75, 3.05) is 33.0 Å². The normalized spacial score (nSPS) is 26.9. The second kappa shape index (κ2) is 38.9. The van der Waals surface area contributed by atoms with E-state index in [0.29, 0.717) is 13.0 Å². The Morgan fingerprint density at radius 2 is 1.00 bits per heavy atom. The first-order valence-electron chi connectivity index (χ1n) is 25.2. The standard InChI is InChI=1S/C51H90O14/c1-3-5-7-9-11-13-15-17-18-19-20-21-23-25-27-29-31-33-35-60-37-40(63-43(53)34-32-30-28-26-24-22-16-14-12-10-8-6-4-2)38-61-50-49(59)47(57)45(55)42(65-50)39-62-51-48(58)46(56)44(54)41(36-52)64-51/h5,7,11,13-14,16-18,40-42,44-52,54-59H,3-4,6,8-10,12,15,19-39H2,1-2H3/b7-5-,13-11-,16-14-,18-17-. The quantitative estimate of drug-likeness (QED) is 0.0185. The molecule has 378 valence electrons. The van der Waals surface area contributed by atoms with Crippen LogP contribution >= 0.6 is 0 Å². The molecule has 0 amide bonds. The van der Waals surface area contributed by atoms with Crippen LogP contribution in [-0.2, 0) is 33.2 Å². The van der Waals surface area contributed by atoms with Gasteiger partial charge in [0.15, 0.2) is 12.6 Å². The molecule has 2 rings (SSSR count). The lowest BCUT2D eigenvalue weighted by Crippen LogP contribution is -2.61. The molecule has 0 aromatic carbocycles. The van der Waals surface area contributed by atoms with Crippen LogP contribution < -0.4 is 0 Å². The average Bonchev–Trinajstić information content (AvgIpc) is 3.30. The number of hydrogen-bond acceptors (Lipinski definition) is 14. The molecule has 2 aliphatic heterocycles. The summed E-state index contributed by atoms with van der Waals surface area (Å²) < 4.78 is 34.2. The lowest BCUT2D eigenvalue weighted by molar-refractivity contribution is -0.332. The van der Waals surface area contributed by atoms with Crippen LogP contribution in [0.3, 0.4) is 0 Å². The Balaban J connectivity index is 1.77. The Morgan fingerprint density at radius 1 is 0.523 bits per heavy atom. The summed E-state index contributed by atoms with van der Waals surface area (Å²) in [5, 5.41) is 72.1. The van der Waals surface area contributed by atoms with Gasteiger partial charge in [0.05, 0.1) is 26.4 Å². The Bertz CT molecular complexity index is 1260. The zero-order valence-corrected chi connectivity index (χ0v) is 40.0. The predicted octanol–water partition coefficient (Wildman–Crippen LogP) is 7.18. The van der Waals surface area contributed by atoms with Gasteiger partial charge in [-0.25, -0.2) is 0 Å². The lowest BCUT2D eigenvalue weighted by atomic mass is 9.98. The van der Waals surface area contributed by atoms with E-state index in [2.05, 4.69) is 62.5 Å². The average molecular weight is 927 g/mol. The molecule has 0 spiro atoms. The van der Waals surface area contributed by atoms with Crippen molar-refractivity contribution < 1.29 is 69.0 Å². The van der Waals surface area contributed by atoms with E-state index in [4.69, 9.17) is 28.4 Å². The van der Waals surface area contributed by atoms with Crippen LogP contribution in [0.15, 0.2) is 48.6 Å². The van der Waals surface area contributed by atoms with Crippen LogP contribution in [0.2, 0.25) is 0 Å². The van der Waals surface area contributed by atoms with Crippen LogP contribution in [0.1, 0.15) is 168 Å². The molecule has 11 unspecified atom stereocenters. The molecule has 7 N–H and O–H groups in total. The maximum absolute atomic E-state index is 13.0. The Morgan fingerprint density at radius 3 is 1.58 bits per heavy atom. The van der Waals surface area contributed by atoms with Gasteiger partial charge in [0.1, 0.15) is 54.9 Å². The molecule has 2 heterocycles. The molecule has 0 bridgehead atoms. The number of hydrogen-bond donors (Lipinski definition) is 7. The zero-order valence-electron chi connectivity index (χ0n) is 40.0. The smallest absolute Gasteiger partial charge is 0.306 e. The van der Waals surface area contributed by atoms with Crippen molar-refractivity contribution in [2.45, 2.75) is 235 Å². The molecular formula is C51H90O14. The molecule has 14 heteroatoms. The number of allylic oxidation sites excluding steroid dienone is 8. The molecule has 14 nitrogen and oxygen atoms in total. The van der Waals surface area contributed by atoms with E-state index in [1.165, 1.54) is 57.8 Å². The minimum atomic E-state index is -1.71. The molecule has 0 saturated carbocycles. The highest BCUT2D eigenvalue weighted by Gasteiger charge is 2.47. The van der Waals surface area contributed by atoms with Gasteiger partial charge in [-0.05, 0) is 70.6 Å². The fourth-order valence-electron chi connectivity index (χ4n) is 7.70. The number of carbonyl (C=O) groups excluding carboxylic acids is 1. The molecule has 11 atom stereocenters. The fraction of sp³-hybridized carbons (Fsp3) is 0.824. The number of aliphatic hydroxyl groups excluding tert-OH is 7. The van der Waals surface area contributed by atoms with E-state index in [9.17, 15) is 40.5 Å². The maximum atomic E-state index is 13.0. The highest BCUT2D eigenvalue weighted by Crippen LogP contribution is 2.26. The first-order valence-corrected chi connectivity index (χ1v) is 25.2. The third-order valence-electron chi connectivity index (χ3n) is 11.8. The molecule has 65 heavy (non-hydrogen) atoms. The Kier molecular flexibility index (Phi) is 35.3. The first-order chi connectivity index (χ1) is 31.6. The van der Waals surface area contributed by atoms with Crippen LogP contribution in [-0.4, -0.2) is 142 Å². The third-order valence-corrected chi connectivity index (χ3v) is 11.8. The van der Waals surface area contributed by atoms with Crippen LogP contribution in [0.4, 0.5) is 0 Å². The summed E-state index contributed by atoms with van der Waals surface area (Å²) in [5.41, 5.74) is 0. The molecule has 2 aliphatic rings. The van der Waals surface area contributed by atoms with Crippen molar-refractivity contribution in [2.24, 2.45) is 0 Å². The summed E-state index contributed by atoms with van der Waals surface area (Å²) in [5.74, 6) is -0.390. The monoisotopic (exact) mass is 927 g/mol. The Labute approximate surface area is 391 Å². The van der Waals surface area contributed by atoms with Crippen LogP contribution in [0.25, 0.3) is 0 Å². The first kappa shape index (κ1) is 59.1. The number of esters is 1. The maximum Gasteiger partial charge on any atom is 0.306 e. The van der Waals surface area contributed by atoms with Crippen molar-refractivity contribution in [1.29, 1.82) is 0 Å². The highest BCUT2D eigenvalue weighted by atomic mass is 16.7. The summed E-state index contributed by atoms with van der Waals surface area (Å²) >= 11 is 0. The van der Waals surface area contributed by atoms with E-state index < -0.39 is 86.7 Å². The van der Waals surface area contributed by atoms with Gasteiger partial charge < -0.3 is 64.2 Å². The van der Waals surface area contributed by atoms with Crippen molar-refractivity contribution in [3.8, 4) is 0 Å². The lowest BCUT2D eigenvalue weighted by Gasteiger charge is -2.42. The minimum Gasteiger partial charge on any atom is -0.457 e. The number of carbonyl (C=O) groups is 1. The van der Waals surface area contributed by atoms with Crippen molar-refractivity contribution in [3.05, 3.63) is 48.6 Å². The van der Waals surface area contributed by atoms with Gasteiger partial charge in [0.25, 0.3) is 0 Å². The van der Waals surface area contributed by atoms with E-state index in [-0.39, 0.29) is 19.6 Å². The molecular weight excluding hydrogens is 837 g/mol. The summed E-state index contributed by atoms with van der Waals surface area (Å²) in [6.45, 7) is 3.52. The summed E-state index contributed by atoms with van der Waals surface area (Å²) in [4.78, 5) is 13.0. The van der Waals surface area contributed by atoms with Gasteiger partial charge in [0, 0.05) is 13.0 Å². The zero-order chi connectivity index (χ0) is 47.3. The van der Waals surface area contributed by atoms with E-state index in [1.54, 1.807) is 0 Å². The van der Waals surface area contributed by atoms with Gasteiger partial charge in [-0.1, -0.05) is 140 Å². The minimum absolute atomic E-state index is 0.0521. The van der Waals surface area contributed by atoms with Crippen molar-refractivity contribution in [1.82, 2.24) is 0 Å². The molecule has 0 aliphatic carbocycles. The largest absolute Gasteiger partial charge is 0.457 e. The molecule has 2 saturated heterocycles. The molecule has 0 aromatic rings. The fourth-order valence-corrected chi connectivity index (χ4v) is 7.70. The SMILES string of the molecule is CC/C=C\C/C=C\C/C=C\CCCCCCCCCCOCC(COC1OC(COC2OC(CO)C(O)C(O)C2O)C(O)C(O)C1O)OC(=O)CCCCCCC/C=C\CCCCCC. The van der Waals surface area contributed by atoms with Crippen molar-refractivity contribution in [3.63, 3.8) is 0 Å². The van der Waals surface area contributed by atoms with E-state index in [0.717, 1.165) is 83.5 Å². The van der Waals surface area contributed by atoms with Gasteiger partial charge >= 0.3 is 5.97 Å². The van der Waals surface area contributed by atoms with E-state index >= 15 is 0 Å². The predicted molar refractivity (Wildman–Crippen MR) is 252 cm³/mol. The van der Waals surface area contributed by atoms with Gasteiger partial charge in [-0.3, -0.25) is 4.79 Å². The van der Waals surface area contributed by atoms with Crippen LogP contribution in [0.5, 0.6) is 0 Å². The summed E-state index contributed by atoms with van der Waals surface area (Å²) in [7, 11) is 0. The second-order valence-corrected chi connectivity index (χ2v) is 17.6. The van der Waals surface area contributed by atoms with Gasteiger partial charge in [-0.2, -0.15) is 0 Å². The molecule has 2 fully saturated rings. The Hall–Kier alpha value is -2.05. The third kappa shape index (κ3) is 26.9. The topological polar surface area (TPSA) is 214 Å². The molecule has 0 radical (unpaired) electrons. The highest BCUT2D eigenvalue weighted by molar-refractivity contribution is 5.69. The van der Waals surface area contributed by atoms with Crippen molar-refractivity contribution >= 4 is 5.97 Å².